The van der Waals surface area contributed by atoms with E-state index in [1.807, 2.05) is 0 Å². The first-order chi connectivity index (χ1) is 15.3. The lowest BCUT2D eigenvalue weighted by molar-refractivity contribution is 0.0991. The molecule has 170 valence electrons. The Morgan fingerprint density at radius 1 is 1.22 bits per heavy atom. The van der Waals surface area contributed by atoms with Gasteiger partial charge in [0.25, 0.3) is 0 Å². The van der Waals surface area contributed by atoms with Gasteiger partial charge in [-0.1, -0.05) is 43.1 Å². The summed E-state index contributed by atoms with van der Waals surface area (Å²) in [5.74, 6) is 1.73. The Morgan fingerprint density at radius 2 is 1.94 bits per heavy atom. The minimum absolute atomic E-state index is 0.116. The summed E-state index contributed by atoms with van der Waals surface area (Å²) in [7, 11) is 0. The van der Waals surface area contributed by atoms with Crippen molar-refractivity contribution in [2.75, 3.05) is 6.54 Å². The van der Waals surface area contributed by atoms with E-state index in [0.717, 1.165) is 18.5 Å². The predicted molar refractivity (Wildman–Crippen MR) is 131 cm³/mol. The number of piperidine rings is 1. The van der Waals surface area contributed by atoms with Crippen LogP contribution in [0.25, 0.3) is 5.70 Å². The Labute approximate surface area is 199 Å². The number of nitrogens with one attached hydrogen (secondary N) is 1. The van der Waals surface area contributed by atoms with Gasteiger partial charge in [-0.3, -0.25) is 4.79 Å². The number of benzene rings is 1. The standard InChI is InChI=1S/C24H29Cl2N5O/c1-14-10-15(2)20(30-13-14)11-17(12-21(32)18-6-4-7-19(25)22(18)26)23(31-16(3)27)24-28-8-5-9-29-24/h4-9,14-15,20,30H,10-13H2,1-3H3,(H2,27,31)/b23-17-/t14?,15?,20-/m0/s1. The quantitative estimate of drug-likeness (QED) is 0.328. The molecular formula is C24H29Cl2N5O. The summed E-state index contributed by atoms with van der Waals surface area (Å²) in [4.78, 5) is 26.6. The molecule has 0 saturated carbocycles. The number of nitrogens with zero attached hydrogens (tertiary/aromatic N) is 3. The summed E-state index contributed by atoms with van der Waals surface area (Å²) in [5.41, 5.74) is 7.69. The van der Waals surface area contributed by atoms with Gasteiger partial charge in [-0.2, -0.15) is 0 Å². The second kappa shape index (κ2) is 11.0. The highest BCUT2D eigenvalue weighted by atomic mass is 35.5. The van der Waals surface area contributed by atoms with Crippen LogP contribution in [0.4, 0.5) is 0 Å². The zero-order valence-electron chi connectivity index (χ0n) is 18.6. The number of carbonyl (C=O) groups excluding carboxylic acids is 1. The molecule has 1 aromatic heterocycles. The molecule has 0 bridgehead atoms. The van der Waals surface area contributed by atoms with Crippen molar-refractivity contribution in [3.63, 3.8) is 0 Å². The topological polar surface area (TPSA) is 93.3 Å². The minimum atomic E-state index is -0.136. The highest BCUT2D eigenvalue weighted by molar-refractivity contribution is 6.43. The highest BCUT2D eigenvalue weighted by Crippen LogP contribution is 2.32. The minimum Gasteiger partial charge on any atom is -0.387 e. The number of carbonyl (C=O) groups is 1. The fourth-order valence-corrected chi connectivity index (χ4v) is 4.53. The van der Waals surface area contributed by atoms with Crippen LogP contribution >= 0.6 is 23.2 Å². The molecule has 0 radical (unpaired) electrons. The van der Waals surface area contributed by atoms with Crippen molar-refractivity contribution in [1.82, 2.24) is 15.3 Å². The van der Waals surface area contributed by atoms with Crippen LogP contribution in [0.1, 0.15) is 56.2 Å². The van der Waals surface area contributed by atoms with E-state index in [4.69, 9.17) is 28.9 Å². The Kier molecular flexibility index (Phi) is 8.40. The molecule has 3 N–H and O–H groups in total. The molecule has 1 aromatic carbocycles. The second-order valence-electron chi connectivity index (χ2n) is 8.52. The van der Waals surface area contributed by atoms with Gasteiger partial charge in [-0.15, -0.1) is 0 Å². The van der Waals surface area contributed by atoms with Gasteiger partial charge in [0.2, 0.25) is 0 Å². The number of rotatable bonds is 7. The van der Waals surface area contributed by atoms with Gasteiger partial charge in [0, 0.05) is 30.4 Å². The average Bonchev–Trinajstić information content (AvgIpc) is 2.75. The van der Waals surface area contributed by atoms with E-state index in [0.29, 0.717) is 46.2 Å². The van der Waals surface area contributed by atoms with Crippen LogP contribution in [0.15, 0.2) is 47.2 Å². The van der Waals surface area contributed by atoms with Crippen LogP contribution in [-0.2, 0) is 0 Å². The first-order valence-corrected chi connectivity index (χ1v) is 11.5. The van der Waals surface area contributed by atoms with E-state index < -0.39 is 0 Å². The largest absolute Gasteiger partial charge is 0.387 e. The van der Waals surface area contributed by atoms with E-state index in [1.54, 1.807) is 43.6 Å². The molecule has 0 spiro atoms. The Hall–Kier alpha value is -2.28. The summed E-state index contributed by atoms with van der Waals surface area (Å²) >= 11 is 12.5. The van der Waals surface area contributed by atoms with E-state index in [9.17, 15) is 4.79 Å². The molecular weight excluding hydrogens is 445 g/mol. The Bertz CT molecular complexity index is 1020. The van der Waals surface area contributed by atoms with Gasteiger partial charge < -0.3 is 11.1 Å². The van der Waals surface area contributed by atoms with Crippen LogP contribution in [0, 0.1) is 11.8 Å². The van der Waals surface area contributed by atoms with Crippen LogP contribution in [0.3, 0.4) is 0 Å². The van der Waals surface area contributed by atoms with E-state index in [2.05, 4.69) is 34.1 Å². The molecule has 1 aliphatic rings. The summed E-state index contributed by atoms with van der Waals surface area (Å²) in [6.45, 7) is 7.12. The molecule has 2 aromatic rings. The lowest BCUT2D eigenvalue weighted by Crippen LogP contribution is -2.44. The van der Waals surface area contributed by atoms with Crippen LogP contribution in [0.2, 0.25) is 10.0 Å². The monoisotopic (exact) mass is 473 g/mol. The van der Waals surface area contributed by atoms with Gasteiger partial charge >= 0.3 is 0 Å². The molecule has 3 rings (SSSR count). The van der Waals surface area contributed by atoms with Crippen molar-refractivity contribution in [3.8, 4) is 0 Å². The normalized spacial score (nSPS) is 22.4. The molecule has 2 unspecified atom stereocenters. The predicted octanol–water partition coefficient (Wildman–Crippen LogP) is 5.17. The summed E-state index contributed by atoms with van der Waals surface area (Å²) < 4.78 is 0. The number of hydrogen-bond donors (Lipinski definition) is 2. The first-order valence-electron chi connectivity index (χ1n) is 10.8. The molecule has 1 fully saturated rings. The van der Waals surface area contributed by atoms with Crippen molar-refractivity contribution in [3.05, 3.63) is 63.7 Å². The highest BCUT2D eigenvalue weighted by Gasteiger charge is 2.28. The zero-order chi connectivity index (χ0) is 23.3. The Morgan fingerprint density at radius 3 is 2.59 bits per heavy atom. The molecule has 3 atom stereocenters. The number of ketones is 1. The summed E-state index contributed by atoms with van der Waals surface area (Å²) in [5, 5.41) is 4.24. The smallest absolute Gasteiger partial charge is 0.178 e. The summed E-state index contributed by atoms with van der Waals surface area (Å²) in [6, 6.07) is 7.02. The van der Waals surface area contributed by atoms with Gasteiger partial charge in [0.15, 0.2) is 11.6 Å². The van der Waals surface area contributed by atoms with E-state index in [1.165, 1.54) is 0 Å². The average molecular weight is 474 g/mol. The van der Waals surface area contributed by atoms with E-state index in [-0.39, 0.29) is 23.3 Å². The Balaban J connectivity index is 2.05. The fraction of sp³-hybridized carbons (Fsp3) is 0.417. The third-order valence-corrected chi connectivity index (χ3v) is 6.50. The molecule has 32 heavy (non-hydrogen) atoms. The number of halogens is 2. The zero-order valence-corrected chi connectivity index (χ0v) is 20.1. The summed E-state index contributed by atoms with van der Waals surface area (Å²) in [6.07, 6.45) is 5.17. The number of hydrogen-bond acceptors (Lipinski definition) is 5. The molecule has 1 saturated heterocycles. The van der Waals surface area contributed by atoms with Crippen LogP contribution in [-0.4, -0.2) is 34.2 Å². The first kappa shape index (κ1) is 24.4. The molecule has 6 nitrogen and oxygen atoms in total. The van der Waals surface area contributed by atoms with Gasteiger partial charge in [-0.05, 0) is 61.9 Å². The maximum atomic E-state index is 13.3. The number of aliphatic imine (C=N–C) groups is 1. The molecule has 1 aliphatic heterocycles. The molecule has 0 amide bonds. The van der Waals surface area contributed by atoms with Crippen molar-refractivity contribution in [2.24, 2.45) is 22.6 Å². The third kappa shape index (κ3) is 6.15. The maximum Gasteiger partial charge on any atom is 0.178 e. The molecule has 0 aliphatic carbocycles. The van der Waals surface area contributed by atoms with Crippen LogP contribution < -0.4 is 11.1 Å². The van der Waals surface area contributed by atoms with Gasteiger partial charge in [0.1, 0.15) is 5.70 Å². The van der Waals surface area contributed by atoms with E-state index >= 15 is 0 Å². The lowest BCUT2D eigenvalue weighted by Gasteiger charge is -2.34. The van der Waals surface area contributed by atoms with Crippen molar-refractivity contribution >= 4 is 40.5 Å². The number of Topliss-reactive ketones (excluding diaryl/α,β-unsaturated/α-hetero) is 1. The molecule has 2 heterocycles. The van der Waals surface area contributed by atoms with Gasteiger partial charge in [-0.25, -0.2) is 15.0 Å². The number of nitrogens with two attached hydrogens (primary N) is 1. The van der Waals surface area contributed by atoms with Gasteiger partial charge in [0.05, 0.1) is 15.9 Å². The second-order valence-corrected chi connectivity index (χ2v) is 9.30. The SMILES string of the molecule is C/C(N)=N/C(=C(\CC(=O)c1cccc(Cl)c1Cl)C[C@@H]1NCC(C)CC1C)c1ncccn1. The number of aromatic nitrogens is 2. The fourth-order valence-electron chi connectivity index (χ4n) is 4.12. The third-order valence-electron chi connectivity index (χ3n) is 5.68. The molecule has 8 heteroatoms. The maximum absolute atomic E-state index is 13.3. The van der Waals surface area contributed by atoms with Crippen molar-refractivity contribution in [1.29, 1.82) is 0 Å². The van der Waals surface area contributed by atoms with Crippen molar-refractivity contribution in [2.45, 2.75) is 46.1 Å². The van der Waals surface area contributed by atoms with Crippen molar-refractivity contribution < 1.29 is 4.79 Å². The number of amidine groups is 1. The lowest BCUT2D eigenvalue weighted by atomic mass is 9.82. The van der Waals surface area contributed by atoms with Crippen LogP contribution in [0.5, 0.6) is 0 Å².